The van der Waals surface area contributed by atoms with Crippen LogP contribution in [-0.2, 0) is 24.0 Å². The van der Waals surface area contributed by atoms with Crippen molar-refractivity contribution in [2.75, 3.05) is 6.61 Å². The van der Waals surface area contributed by atoms with Crippen LogP contribution in [0.1, 0.15) is 141 Å². The van der Waals surface area contributed by atoms with Gasteiger partial charge in [-0.1, -0.05) is 94.6 Å². The van der Waals surface area contributed by atoms with Crippen LogP contribution in [0.25, 0.3) is 22.3 Å². The lowest BCUT2D eigenvalue weighted by molar-refractivity contribution is 0.00578. The summed E-state index contributed by atoms with van der Waals surface area (Å²) in [5.41, 5.74) is 13.5. The Morgan fingerprint density at radius 3 is 1.54 bits per heavy atom. The van der Waals surface area contributed by atoms with Crippen molar-refractivity contribution in [3.8, 4) is 28.0 Å². The van der Waals surface area contributed by atoms with E-state index in [0.29, 0.717) is 12.5 Å². The van der Waals surface area contributed by atoms with Crippen molar-refractivity contribution in [1.82, 2.24) is 0 Å². The third-order valence-electron chi connectivity index (χ3n) is 14.6. The maximum atomic E-state index is 6.72. The molecule has 2 aliphatic carbocycles. The maximum absolute atomic E-state index is 6.72. The highest BCUT2D eigenvalue weighted by atomic mass is 16.7. The van der Waals surface area contributed by atoms with Gasteiger partial charge < -0.3 is 23.4 Å². The van der Waals surface area contributed by atoms with E-state index in [0.717, 1.165) is 34.6 Å². The topological polar surface area (TPSA) is 46.2 Å². The third-order valence-corrected chi connectivity index (χ3v) is 14.6. The van der Waals surface area contributed by atoms with Crippen LogP contribution in [0.3, 0.4) is 0 Å². The first-order valence-electron chi connectivity index (χ1n) is 21.6. The Morgan fingerprint density at radius 1 is 0.544 bits per heavy atom. The summed E-state index contributed by atoms with van der Waals surface area (Å²) in [6, 6.07) is 23.1. The fourth-order valence-electron chi connectivity index (χ4n) is 9.70. The van der Waals surface area contributed by atoms with E-state index >= 15 is 0 Å². The predicted molar refractivity (Wildman–Crippen MR) is 236 cm³/mol. The highest BCUT2D eigenvalue weighted by Crippen LogP contribution is 2.64. The molecule has 2 fully saturated rings. The van der Waals surface area contributed by atoms with E-state index in [1.807, 2.05) is 0 Å². The Balaban J connectivity index is 1.30. The number of benzene rings is 4. The molecule has 0 bridgehead atoms. The van der Waals surface area contributed by atoms with E-state index in [-0.39, 0.29) is 0 Å². The zero-order valence-corrected chi connectivity index (χ0v) is 37.2. The van der Waals surface area contributed by atoms with Gasteiger partial charge in [0.2, 0.25) is 0 Å². The van der Waals surface area contributed by atoms with Gasteiger partial charge in [-0.2, -0.15) is 0 Å². The van der Waals surface area contributed by atoms with Gasteiger partial charge in [-0.25, -0.2) is 0 Å². The molecule has 0 N–H and O–H groups in total. The van der Waals surface area contributed by atoms with Crippen LogP contribution in [0.5, 0.6) is 5.75 Å². The van der Waals surface area contributed by atoms with E-state index < -0.39 is 42.1 Å². The van der Waals surface area contributed by atoms with Gasteiger partial charge in [0.25, 0.3) is 0 Å². The molecule has 1 spiro atoms. The molecule has 2 heterocycles. The van der Waals surface area contributed by atoms with Crippen molar-refractivity contribution in [3.63, 3.8) is 0 Å². The van der Waals surface area contributed by atoms with Crippen molar-refractivity contribution >= 4 is 25.2 Å². The molecule has 57 heavy (non-hydrogen) atoms. The van der Waals surface area contributed by atoms with Crippen LogP contribution in [0.2, 0.25) is 0 Å². The first kappa shape index (κ1) is 40.4. The van der Waals surface area contributed by atoms with Gasteiger partial charge in [0.05, 0.1) is 34.4 Å². The summed E-state index contributed by atoms with van der Waals surface area (Å²) in [5, 5.41) is 0. The molecule has 0 aromatic heterocycles. The Bertz CT molecular complexity index is 2110. The Labute approximate surface area is 343 Å². The smallest absolute Gasteiger partial charge is 0.493 e. The molecule has 4 aromatic rings. The van der Waals surface area contributed by atoms with Gasteiger partial charge in [-0.15, -0.1) is 0 Å². The maximum Gasteiger partial charge on any atom is 0.494 e. The summed E-state index contributed by atoms with van der Waals surface area (Å²) in [4.78, 5) is 0. The van der Waals surface area contributed by atoms with Crippen LogP contribution >= 0.6 is 0 Å². The summed E-state index contributed by atoms with van der Waals surface area (Å²) in [7, 11) is -0.962. The van der Waals surface area contributed by atoms with Crippen LogP contribution in [0.15, 0.2) is 60.7 Å². The van der Waals surface area contributed by atoms with Crippen LogP contribution in [-0.4, -0.2) is 43.2 Å². The second kappa shape index (κ2) is 13.9. The number of fused-ring (bicyclic) bond motifs is 10. The van der Waals surface area contributed by atoms with Crippen molar-refractivity contribution in [2.24, 2.45) is 11.8 Å². The van der Waals surface area contributed by atoms with Crippen molar-refractivity contribution in [2.45, 2.75) is 150 Å². The minimum Gasteiger partial charge on any atom is -0.493 e. The number of aryl methyl sites for hydroxylation is 3. The molecule has 1 atom stereocenters. The number of ether oxygens (including phenoxy) is 1. The molecule has 8 rings (SSSR count). The lowest BCUT2D eigenvalue weighted by atomic mass is 9.66. The van der Waals surface area contributed by atoms with E-state index in [9.17, 15) is 0 Å². The minimum absolute atomic E-state index is 0.450. The molecule has 300 valence electrons. The van der Waals surface area contributed by atoms with Gasteiger partial charge in [-0.05, 0) is 173 Å². The largest absolute Gasteiger partial charge is 0.494 e. The summed E-state index contributed by atoms with van der Waals surface area (Å²) in [6.45, 7) is 31.5. The second-order valence-corrected chi connectivity index (χ2v) is 20.2. The zero-order chi connectivity index (χ0) is 41.0. The first-order valence-corrected chi connectivity index (χ1v) is 21.6. The fraction of sp³-hybridized carbons (Fsp3) is 0.520. The van der Waals surface area contributed by atoms with Gasteiger partial charge in [-0.3, -0.25) is 0 Å². The molecule has 1 unspecified atom stereocenters. The molecule has 4 aliphatic rings. The van der Waals surface area contributed by atoms with E-state index in [1.165, 1.54) is 74.9 Å². The fourth-order valence-corrected chi connectivity index (χ4v) is 9.70. The summed E-state index contributed by atoms with van der Waals surface area (Å²) >= 11 is 0. The minimum atomic E-state index is -0.598. The highest BCUT2D eigenvalue weighted by molar-refractivity contribution is 6.62. The summed E-state index contributed by atoms with van der Waals surface area (Å²) < 4.78 is 33.5. The predicted octanol–water partition coefficient (Wildman–Crippen LogP) is 10.8. The molecule has 2 saturated heterocycles. The quantitative estimate of drug-likeness (QED) is 0.130. The second-order valence-electron chi connectivity index (χ2n) is 20.2. The third kappa shape index (κ3) is 6.37. The molecule has 0 saturated carbocycles. The number of rotatable bonds is 10. The molecule has 4 aromatic carbocycles. The standard InChI is InChI=1S/C50H64B2O5/c1-30(2)16-15-17-31(3)24-25-53-43-29-39-40(26-34(43)6)50(45-33(5)19-18-32(4)44(39)45)41-27-35(51-54-46(7,8)47(9,10)55-51)20-22-37(41)38-23-21-36(28-42(38)50)52-56-48(11,12)49(13,14)57-52/h18-23,26-31H,15-17,24-25H2,1-14H3. The van der Waals surface area contributed by atoms with E-state index in [1.54, 1.807) is 0 Å². The summed E-state index contributed by atoms with van der Waals surface area (Å²) in [5.74, 6) is 2.36. The molecule has 0 radical (unpaired) electrons. The molecule has 5 nitrogen and oxygen atoms in total. The average molecular weight is 767 g/mol. The van der Waals surface area contributed by atoms with Crippen molar-refractivity contribution < 1.29 is 23.4 Å². The van der Waals surface area contributed by atoms with Gasteiger partial charge in [0, 0.05) is 0 Å². The van der Waals surface area contributed by atoms with Gasteiger partial charge >= 0.3 is 14.2 Å². The molecular weight excluding hydrogens is 702 g/mol. The van der Waals surface area contributed by atoms with Crippen molar-refractivity contribution in [1.29, 1.82) is 0 Å². The molecule has 2 aliphatic heterocycles. The lowest BCUT2D eigenvalue weighted by Crippen LogP contribution is -2.41. The monoisotopic (exact) mass is 766 g/mol. The summed E-state index contributed by atoms with van der Waals surface area (Å²) in [6.07, 6.45) is 4.87. The van der Waals surface area contributed by atoms with Crippen LogP contribution in [0.4, 0.5) is 0 Å². The van der Waals surface area contributed by atoms with Crippen molar-refractivity contribution in [3.05, 3.63) is 99.6 Å². The highest BCUT2D eigenvalue weighted by Gasteiger charge is 2.57. The molecule has 7 heteroatoms. The molecular formula is C50H64B2O5. The van der Waals surface area contributed by atoms with Crippen LogP contribution < -0.4 is 15.7 Å². The Morgan fingerprint density at radius 2 is 1.04 bits per heavy atom. The number of hydrogen-bond donors (Lipinski definition) is 0. The zero-order valence-electron chi connectivity index (χ0n) is 37.2. The van der Waals surface area contributed by atoms with Gasteiger partial charge in [0.1, 0.15) is 5.75 Å². The normalized spacial score (nSPS) is 20.5. The van der Waals surface area contributed by atoms with Crippen LogP contribution in [0, 0.1) is 32.6 Å². The van der Waals surface area contributed by atoms with Gasteiger partial charge in [0.15, 0.2) is 0 Å². The van der Waals surface area contributed by atoms with E-state index in [4.69, 9.17) is 23.4 Å². The lowest BCUT2D eigenvalue weighted by Gasteiger charge is -2.33. The SMILES string of the molecule is Cc1cc2c(cc1OCCC(C)CCCC(C)C)-c1c(C)ccc(C)c1C21c2cc(B3OC(C)(C)C(C)(C)O3)ccc2-c2ccc(B3OC(C)(C)C(C)(C)O3)cc21. The van der Waals surface area contributed by atoms with E-state index in [2.05, 4.69) is 158 Å². The average Bonchev–Trinajstić information content (AvgIpc) is 3.74. The Hall–Kier alpha value is -3.35. The Kier molecular flexibility index (Phi) is 9.83. The molecule has 0 amide bonds. The number of hydrogen-bond acceptors (Lipinski definition) is 5. The first-order chi connectivity index (χ1) is 26.7.